The summed E-state index contributed by atoms with van der Waals surface area (Å²) >= 11 is 0. The van der Waals surface area contributed by atoms with Crippen LogP contribution in [0.2, 0.25) is 0 Å². The van der Waals surface area contributed by atoms with Crippen LogP contribution in [-0.2, 0) is 4.74 Å². The van der Waals surface area contributed by atoms with E-state index in [1.54, 1.807) is 0 Å². The molecule has 68 valence electrons. The van der Waals surface area contributed by atoms with E-state index >= 15 is 0 Å². The van der Waals surface area contributed by atoms with Crippen molar-refractivity contribution in [1.29, 1.82) is 0 Å². The maximum absolute atomic E-state index is 5.52. The van der Waals surface area contributed by atoms with Gasteiger partial charge in [-0.2, -0.15) is 0 Å². The molecule has 1 heteroatoms. The van der Waals surface area contributed by atoms with E-state index in [-0.39, 0.29) is 0 Å². The molecule has 1 aliphatic rings. The maximum atomic E-state index is 5.52. The Morgan fingerprint density at radius 2 is 2.08 bits per heavy atom. The lowest BCUT2D eigenvalue weighted by Gasteiger charge is -1.91. The predicted molar refractivity (Wildman–Crippen MR) is 53.5 cm³/mol. The summed E-state index contributed by atoms with van der Waals surface area (Å²) in [5, 5.41) is 0. The van der Waals surface area contributed by atoms with Crippen LogP contribution in [0.15, 0.2) is 42.5 Å². The van der Waals surface area contributed by atoms with Crippen LogP contribution in [0.4, 0.5) is 0 Å². The molecule has 13 heavy (non-hydrogen) atoms. The highest BCUT2D eigenvalue weighted by Crippen LogP contribution is 2.39. The summed E-state index contributed by atoms with van der Waals surface area (Å²) in [6.45, 7) is 2.14. The maximum Gasteiger partial charge on any atom is 0.113 e. The number of benzene rings is 1. The summed E-state index contributed by atoms with van der Waals surface area (Å²) in [6.07, 6.45) is 6.03. The van der Waals surface area contributed by atoms with Crippen LogP contribution in [-0.4, -0.2) is 6.10 Å². The SMILES string of the molecule is CC/C=C\[C@@H]1O[C@H]1c1ccccc1. The Balaban J connectivity index is 1.97. The van der Waals surface area contributed by atoms with Crippen LogP contribution in [0, 0.1) is 0 Å². The number of ether oxygens (including phenoxy) is 1. The van der Waals surface area contributed by atoms with Gasteiger partial charge in [-0.1, -0.05) is 49.4 Å². The van der Waals surface area contributed by atoms with E-state index in [0.29, 0.717) is 12.2 Å². The molecule has 1 nitrogen and oxygen atoms in total. The third kappa shape index (κ3) is 1.99. The lowest BCUT2D eigenvalue weighted by atomic mass is 10.1. The molecule has 1 aromatic rings. The summed E-state index contributed by atoms with van der Waals surface area (Å²) in [5.41, 5.74) is 1.29. The second-order valence-electron chi connectivity index (χ2n) is 3.27. The number of hydrogen-bond donors (Lipinski definition) is 0. The zero-order chi connectivity index (χ0) is 9.10. The van der Waals surface area contributed by atoms with E-state index in [1.807, 2.05) is 6.07 Å². The molecule has 0 N–H and O–H groups in total. The smallest absolute Gasteiger partial charge is 0.113 e. The van der Waals surface area contributed by atoms with E-state index in [0.717, 1.165) is 6.42 Å². The molecule has 1 fully saturated rings. The first-order valence-corrected chi connectivity index (χ1v) is 4.79. The minimum absolute atomic E-state index is 0.309. The fourth-order valence-corrected chi connectivity index (χ4v) is 1.45. The van der Waals surface area contributed by atoms with Crippen molar-refractivity contribution < 1.29 is 4.74 Å². The number of allylic oxidation sites excluding steroid dienone is 1. The van der Waals surface area contributed by atoms with Crippen molar-refractivity contribution in [3.63, 3.8) is 0 Å². The predicted octanol–water partition coefficient (Wildman–Crippen LogP) is 3.09. The van der Waals surface area contributed by atoms with E-state index in [1.165, 1.54) is 5.56 Å². The van der Waals surface area contributed by atoms with Crippen LogP contribution in [0.3, 0.4) is 0 Å². The number of rotatable bonds is 3. The zero-order valence-electron chi connectivity index (χ0n) is 7.81. The Labute approximate surface area is 79.0 Å². The second kappa shape index (κ2) is 3.75. The van der Waals surface area contributed by atoms with Crippen molar-refractivity contribution >= 4 is 0 Å². The van der Waals surface area contributed by atoms with Crippen LogP contribution in [0.25, 0.3) is 0 Å². The van der Waals surface area contributed by atoms with Gasteiger partial charge in [-0.05, 0) is 12.0 Å². The van der Waals surface area contributed by atoms with Crippen molar-refractivity contribution in [3.8, 4) is 0 Å². The topological polar surface area (TPSA) is 12.5 Å². The van der Waals surface area contributed by atoms with Gasteiger partial charge in [0.2, 0.25) is 0 Å². The molecule has 2 atom stereocenters. The van der Waals surface area contributed by atoms with Crippen molar-refractivity contribution in [2.24, 2.45) is 0 Å². The average Bonchev–Trinajstić information content (AvgIpc) is 2.95. The Hall–Kier alpha value is -1.08. The zero-order valence-corrected chi connectivity index (χ0v) is 7.81. The summed E-state index contributed by atoms with van der Waals surface area (Å²) in [5.74, 6) is 0. The summed E-state index contributed by atoms with van der Waals surface area (Å²) in [6, 6.07) is 10.4. The summed E-state index contributed by atoms with van der Waals surface area (Å²) in [4.78, 5) is 0. The monoisotopic (exact) mass is 174 g/mol. The highest BCUT2D eigenvalue weighted by Gasteiger charge is 2.37. The minimum Gasteiger partial charge on any atom is -0.360 e. The normalized spacial score (nSPS) is 26.5. The molecule has 1 aliphatic heterocycles. The van der Waals surface area contributed by atoms with Gasteiger partial charge in [-0.25, -0.2) is 0 Å². The molecule has 0 radical (unpaired) electrons. The second-order valence-corrected chi connectivity index (χ2v) is 3.27. The lowest BCUT2D eigenvalue weighted by molar-refractivity contribution is 0.394. The number of hydrogen-bond acceptors (Lipinski definition) is 1. The molecular weight excluding hydrogens is 160 g/mol. The molecule has 1 heterocycles. The Bertz CT molecular complexity index is 289. The highest BCUT2D eigenvalue weighted by molar-refractivity contribution is 5.24. The van der Waals surface area contributed by atoms with Gasteiger partial charge in [0, 0.05) is 0 Å². The summed E-state index contributed by atoms with van der Waals surface area (Å²) in [7, 11) is 0. The third-order valence-electron chi connectivity index (χ3n) is 2.22. The molecule has 1 aromatic carbocycles. The van der Waals surface area contributed by atoms with Gasteiger partial charge in [0.1, 0.15) is 12.2 Å². The molecular formula is C12H14O. The fraction of sp³-hybridized carbons (Fsp3) is 0.333. The first-order chi connectivity index (χ1) is 6.42. The van der Waals surface area contributed by atoms with Crippen LogP contribution >= 0.6 is 0 Å². The van der Waals surface area contributed by atoms with E-state index < -0.39 is 0 Å². The highest BCUT2D eigenvalue weighted by atomic mass is 16.6. The van der Waals surface area contributed by atoms with Crippen LogP contribution in [0.1, 0.15) is 25.0 Å². The lowest BCUT2D eigenvalue weighted by Crippen LogP contribution is -1.83. The van der Waals surface area contributed by atoms with Gasteiger partial charge in [-0.3, -0.25) is 0 Å². The van der Waals surface area contributed by atoms with Crippen molar-refractivity contribution in [1.82, 2.24) is 0 Å². The molecule has 1 saturated heterocycles. The fourth-order valence-electron chi connectivity index (χ4n) is 1.45. The van der Waals surface area contributed by atoms with Gasteiger partial charge in [-0.15, -0.1) is 0 Å². The molecule has 0 spiro atoms. The van der Waals surface area contributed by atoms with E-state index in [9.17, 15) is 0 Å². The molecule has 0 aromatic heterocycles. The van der Waals surface area contributed by atoms with E-state index in [4.69, 9.17) is 4.74 Å². The van der Waals surface area contributed by atoms with Crippen molar-refractivity contribution in [2.75, 3.05) is 0 Å². The molecule has 0 aliphatic carbocycles. The standard InChI is InChI=1S/C12H14O/c1-2-3-9-11-12(13-11)10-7-5-4-6-8-10/h3-9,11-12H,2H2,1H3/b9-3-/t11-,12-/m0/s1. The van der Waals surface area contributed by atoms with Crippen molar-refractivity contribution in [3.05, 3.63) is 48.0 Å². The van der Waals surface area contributed by atoms with Crippen molar-refractivity contribution in [2.45, 2.75) is 25.6 Å². The van der Waals surface area contributed by atoms with Gasteiger partial charge in [0.05, 0.1) is 0 Å². The first kappa shape index (κ1) is 8.52. The minimum atomic E-state index is 0.309. The quantitative estimate of drug-likeness (QED) is 0.506. The van der Waals surface area contributed by atoms with Crippen LogP contribution < -0.4 is 0 Å². The molecule has 0 saturated carbocycles. The molecule has 2 rings (SSSR count). The van der Waals surface area contributed by atoms with Gasteiger partial charge >= 0.3 is 0 Å². The first-order valence-electron chi connectivity index (χ1n) is 4.79. The van der Waals surface area contributed by atoms with Gasteiger partial charge in [0.15, 0.2) is 0 Å². The summed E-state index contributed by atoms with van der Waals surface area (Å²) < 4.78 is 5.52. The molecule has 0 amide bonds. The Kier molecular flexibility index (Phi) is 2.46. The average molecular weight is 174 g/mol. The Morgan fingerprint density at radius 3 is 2.77 bits per heavy atom. The van der Waals surface area contributed by atoms with Gasteiger partial charge in [0.25, 0.3) is 0 Å². The molecule has 0 unspecified atom stereocenters. The van der Waals surface area contributed by atoms with E-state index in [2.05, 4.69) is 43.3 Å². The van der Waals surface area contributed by atoms with Crippen LogP contribution in [0.5, 0.6) is 0 Å². The largest absolute Gasteiger partial charge is 0.360 e. The third-order valence-corrected chi connectivity index (χ3v) is 2.22. The molecule has 0 bridgehead atoms. The van der Waals surface area contributed by atoms with Gasteiger partial charge < -0.3 is 4.74 Å². The Morgan fingerprint density at radius 1 is 1.31 bits per heavy atom. The number of epoxide rings is 1.